The average Bonchev–Trinajstić information content (AvgIpc) is 2.87. The van der Waals surface area contributed by atoms with Crippen molar-refractivity contribution in [2.75, 3.05) is 18.1 Å². The monoisotopic (exact) mass is 284 g/mol. The summed E-state index contributed by atoms with van der Waals surface area (Å²) in [6, 6.07) is 5.92. The Morgan fingerprint density at radius 2 is 2.05 bits per heavy atom. The van der Waals surface area contributed by atoms with Crippen LogP contribution in [0.3, 0.4) is 0 Å². The zero-order valence-electron chi connectivity index (χ0n) is 11.4. The van der Waals surface area contributed by atoms with Gasteiger partial charge in [-0.2, -0.15) is 10.1 Å². The molecule has 0 aliphatic carbocycles. The molecule has 3 rings (SSSR count). The van der Waals surface area contributed by atoms with Crippen molar-refractivity contribution in [3.8, 4) is 11.1 Å². The molecule has 0 amide bonds. The Morgan fingerprint density at radius 3 is 2.81 bits per heavy atom. The number of aromatic nitrogens is 4. The molecule has 7 nitrogen and oxygen atoms in total. The smallest absolute Gasteiger partial charge is 0.221 e. The van der Waals surface area contributed by atoms with Crippen LogP contribution in [0.2, 0.25) is 0 Å². The Balaban J connectivity index is 2.07. The molecule has 108 valence electrons. The molecule has 0 atom stereocenters. The van der Waals surface area contributed by atoms with E-state index >= 15 is 0 Å². The van der Waals surface area contributed by atoms with Crippen LogP contribution in [0.15, 0.2) is 30.6 Å². The van der Waals surface area contributed by atoms with Gasteiger partial charge in [0.25, 0.3) is 0 Å². The van der Waals surface area contributed by atoms with Crippen molar-refractivity contribution in [1.82, 2.24) is 19.7 Å². The highest BCUT2D eigenvalue weighted by Crippen LogP contribution is 2.27. The average molecular weight is 284 g/mol. The molecule has 3 aromatic rings. The van der Waals surface area contributed by atoms with Gasteiger partial charge >= 0.3 is 0 Å². The Hall–Kier alpha value is -2.67. The molecule has 5 N–H and O–H groups in total. The van der Waals surface area contributed by atoms with Crippen molar-refractivity contribution in [2.45, 2.75) is 13.0 Å². The molecule has 0 spiro atoms. The molecule has 0 aliphatic rings. The van der Waals surface area contributed by atoms with Crippen LogP contribution in [0, 0.1) is 0 Å². The Morgan fingerprint density at radius 1 is 1.19 bits per heavy atom. The van der Waals surface area contributed by atoms with Crippen LogP contribution in [0.5, 0.6) is 0 Å². The lowest BCUT2D eigenvalue weighted by Gasteiger charge is -2.07. The fraction of sp³-hybridized carbons (Fsp3) is 0.214. The van der Waals surface area contributed by atoms with Crippen molar-refractivity contribution in [3.05, 3.63) is 30.6 Å². The Bertz CT molecular complexity index is 782. The predicted octanol–water partition coefficient (Wildman–Crippen LogP) is 1.04. The van der Waals surface area contributed by atoms with Gasteiger partial charge < -0.3 is 16.6 Å². The fourth-order valence-electron chi connectivity index (χ4n) is 2.27. The summed E-state index contributed by atoms with van der Waals surface area (Å²) in [6.45, 7) is 0.803. The second kappa shape index (κ2) is 5.37. The van der Waals surface area contributed by atoms with E-state index in [4.69, 9.17) is 16.6 Å². The van der Waals surface area contributed by atoms with Crippen LogP contribution in [-0.2, 0) is 6.54 Å². The van der Waals surface area contributed by atoms with Crippen LogP contribution < -0.4 is 11.5 Å². The summed E-state index contributed by atoms with van der Waals surface area (Å²) < 4.78 is 1.86. The molecule has 0 saturated carbocycles. The van der Waals surface area contributed by atoms with Gasteiger partial charge in [-0.15, -0.1) is 0 Å². The number of hydrogen-bond donors (Lipinski definition) is 3. The third-order valence-electron chi connectivity index (χ3n) is 3.32. The van der Waals surface area contributed by atoms with Crippen LogP contribution in [0.1, 0.15) is 6.42 Å². The zero-order chi connectivity index (χ0) is 14.8. The molecule has 0 radical (unpaired) electrons. The Kier molecular flexibility index (Phi) is 3.41. The first-order chi connectivity index (χ1) is 10.2. The summed E-state index contributed by atoms with van der Waals surface area (Å²) in [7, 11) is 0. The number of anilines is 2. The maximum atomic E-state index is 8.95. The number of rotatable bonds is 4. The van der Waals surface area contributed by atoms with E-state index in [9.17, 15) is 0 Å². The second-order valence-corrected chi connectivity index (χ2v) is 4.75. The van der Waals surface area contributed by atoms with E-state index in [1.807, 2.05) is 22.9 Å². The lowest BCUT2D eigenvalue weighted by molar-refractivity contribution is 0.278. The summed E-state index contributed by atoms with van der Waals surface area (Å²) in [5.41, 5.74) is 14.1. The summed E-state index contributed by atoms with van der Waals surface area (Å²) in [6.07, 6.45) is 4.08. The first-order valence-corrected chi connectivity index (χ1v) is 6.64. The molecule has 7 heteroatoms. The highest BCUT2D eigenvalue weighted by Gasteiger charge is 2.09. The van der Waals surface area contributed by atoms with Crippen molar-refractivity contribution in [1.29, 1.82) is 0 Å². The van der Waals surface area contributed by atoms with E-state index < -0.39 is 0 Å². The van der Waals surface area contributed by atoms with Crippen LogP contribution in [0.25, 0.3) is 22.0 Å². The summed E-state index contributed by atoms with van der Waals surface area (Å²) in [5.74, 6) is 0.508. The second-order valence-electron chi connectivity index (χ2n) is 4.75. The quantitative estimate of drug-likeness (QED) is 0.659. The predicted molar refractivity (Wildman–Crippen MR) is 81.3 cm³/mol. The molecular weight excluding hydrogens is 268 g/mol. The van der Waals surface area contributed by atoms with Crippen molar-refractivity contribution in [2.24, 2.45) is 0 Å². The molecule has 0 fully saturated rings. The fourth-order valence-corrected chi connectivity index (χ4v) is 2.27. The molecule has 21 heavy (non-hydrogen) atoms. The molecular formula is C14H16N6O. The van der Waals surface area contributed by atoms with Gasteiger partial charge in [-0.25, -0.2) is 4.98 Å². The number of aryl methyl sites for hydroxylation is 1. The zero-order valence-corrected chi connectivity index (χ0v) is 11.4. The van der Waals surface area contributed by atoms with Gasteiger partial charge in [0.15, 0.2) is 0 Å². The van der Waals surface area contributed by atoms with Crippen LogP contribution >= 0.6 is 0 Å². The molecule has 0 bridgehead atoms. The van der Waals surface area contributed by atoms with Crippen molar-refractivity contribution in [3.63, 3.8) is 0 Å². The summed E-state index contributed by atoms with van der Waals surface area (Å²) in [5, 5.41) is 14.3. The highest BCUT2D eigenvalue weighted by molar-refractivity contribution is 5.86. The number of benzene rings is 1. The minimum atomic E-state index is 0.139. The number of fused-ring (bicyclic) bond motifs is 1. The maximum Gasteiger partial charge on any atom is 0.221 e. The lowest BCUT2D eigenvalue weighted by Crippen LogP contribution is -2.02. The normalized spacial score (nSPS) is 11.1. The Labute approximate surface area is 121 Å². The van der Waals surface area contributed by atoms with Gasteiger partial charge in [0, 0.05) is 30.3 Å². The molecule has 0 saturated heterocycles. The van der Waals surface area contributed by atoms with Gasteiger partial charge in [-0.3, -0.25) is 4.68 Å². The third-order valence-corrected chi connectivity index (χ3v) is 3.32. The minimum absolute atomic E-state index is 0.139. The van der Waals surface area contributed by atoms with E-state index in [-0.39, 0.29) is 12.6 Å². The van der Waals surface area contributed by atoms with Crippen LogP contribution in [-0.4, -0.2) is 31.5 Å². The van der Waals surface area contributed by atoms with Gasteiger partial charge in [-0.05, 0) is 18.1 Å². The first kappa shape index (κ1) is 13.3. The first-order valence-electron chi connectivity index (χ1n) is 6.64. The standard InChI is InChI=1S/C14H16N6O/c15-13-11(8-17-14(16)19-13)9-2-3-10-7-18-20(4-1-5-21)12(10)6-9/h2-3,6-8,21H,1,4-5H2,(H4,15,16,17,19). The number of nitrogens with zero attached hydrogens (tertiary/aromatic N) is 4. The maximum absolute atomic E-state index is 8.95. The number of nitrogen functional groups attached to an aromatic ring is 2. The number of nitrogens with two attached hydrogens (primary N) is 2. The largest absolute Gasteiger partial charge is 0.396 e. The van der Waals surface area contributed by atoms with Gasteiger partial charge in [0.05, 0.1) is 11.7 Å². The SMILES string of the molecule is Nc1ncc(-c2ccc3cnn(CCCO)c3c2)c(N)n1. The topological polar surface area (TPSA) is 116 Å². The summed E-state index contributed by atoms with van der Waals surface area (Å²) in [4.78, 5) is 7.97. The van der Waals surface area contributed by atoms with E-state index in [1.54, 1.807) is 12.4 Å². The van der Waals surface area contributed by atoms with Gasteiger partial charge in [-0.1, -0.05) is 12.1 Å². The molecule has 0 aliphatic heterocycles. The summed E-state index contributed by atoms with van der Waals surface area (Å²) >= 11 is 0. The van der Waals surface area contributed by atoms with Gasteiger partial charge in [0.2, 0.25) is 5.95 Å². The van der Waals surface area contributed by atoms with Crippen LogP contribution in [0.4, 0.5) is 11.8 Å². The van der Waals surface area contributed by atoms with Crippen molar-refractivity contribution >= 4 is 22.7 Å². The number of aliphatic hydroxyl groups excluding tert-OH is 1. The lowest BCUT2D eigenvalue weighted by atomic mass is 10.1. The minimum Gasteiger partial charge on any atom is -0.396 e. The third kappa shape index (κ3) is 2.50. The van der Waals surface area contributed by atoms with E-state index in [0.717, 1.165) is 22.0 Å². The number of hydrogen-bond acceptors (Lipinski definition) is 6. The van der Waals surface area contributed by atoms with E-state index in [0.29, 0.717) is 18.8 Å². The highest BCUT2D eigenvalue weighted by atomic mass is 16.3. The van der Waals surface area contributed by atoms with Crippen molar-refractivity contribution < 1.29 is 5.11 Å². The number of aliphatic hydroxyl groups is 1. The van der Waals surface area contributed by atoms with E-state index in [1.165, 1.54) is 0 Å². The molecule has 2 heterocycles. The molecule has 2 aromatic heterocycles. The molecule has 1 aromatic carbocycles. The van der Waals surface area contributed by atoms with Gasteiger partial charge in [0.1, 0.15) is 5.82 Å². The molecule has 0 unspecified atom stereocenters. The van der Waals surface area contributed by atoms with E-state index in [2.05, 4.69) is 15.1 Å².